The highest BCUT2D eigenvalue weighted by molar-refractivity contribution is 5.77. The quantitative estimate of drug-likeness (QED) is 0.505. The molecule has 0 spiro atoms. The average molecular weight is 278 g/mol. The van der Waals surface area contributed by atoms with E-state index in [0.717, 1.165) is 51.4 Å². The van der Waals surface area contributed by atoms with Crippen LogP contribution in [0.3, 0.4) is 0 Å². The number of piperidine rings is 3. The molecule has 0 radical (unpaired) electrons. The number of nitrogens with zero attached hydrogens (tertiary/aromatic N) is 2. The summed E-state index contributed by atoms with van der Waals surface area (Å²) in [4.78, 5) is 14.4. The first kappa shape index (κ1) is 13.1. The summed E-state index contributed by atoms with van der Waals surface area (Å²) in [5, 5.41) is 13.7. The second-order valence-corrected chi connectivity index (χ2v) is 7.64. The van der Waals surface area contributed by atoms with E-state index in [1.807, 2.05) is 0 Å². The zero-order chi connectivity index (χ0) is 13.9. The van der Waals surface area contributed by atoms with Gasteiger partial charge in [-0.1, -0.05) is 6.92 Å². The lowest BCUT2D eigenvalue weighted by molar-refractivity contribution is -0.979. The maximum absolute atomic E-state index is 13.7. The van der Waals surface area contributed by atoms with Gasteiger partial charge in [0.05, 0.1) is 12.1 Å². The minimum absolute atomic E-state index is 0.0351. The van der Waals surface area contributed by atoms with Crippen molar-refractivity contribution in [1.29, 1.82) is 0 Å². The summed E-state index contributed by atoms with van der Waals surface area (Å²) < 4.78 is -0.0351. The maximum Gasteiger partial charge on any atom is 0.227 e. The fourth-order valence-corrected chi connectivity index (χ4v) is 5.71. The topological polar surface area (TPSA) is 43.4 Å². The summed E-state index contributed by atoms with van der Waals surface area (Å²) in [6, 6.07) is 0.898. The third-order valence-corrected chi connectivity index (χ3v) is 6.43. The van der Waals surface area contributed by atoms with E-state index in [2.05, 4.69) is 11.8 Å². The van der Waals surface area contributed by atoms with Crippen molar-refractivity contribution in [3.8, 4) is 0 Å². The SMILES string of the molecule is CC1CC2CCCC3N4C(=O)CCCC4CC(C1)[N+]23[O-]. The number of hydroxylamine groups is 3. The molecule has 4 fully saturated rings. The second-order valence-electron chi connectivity index (χ2n) is 7.64. The predicted octanol–water partition coefficient (Wildman–Crippen LogP) is 2.76. The Kier molecular flexibility index (Phi) is 2.90. The van der Waals surface area contributed by atoms with Gasteiger partial charge in [-0.05, 0) is 25.2 Å². The Hall–Kier alpha value is -0.610. The first-order chi connectivity index (χ1) is 9.60. The van der Waals surface area contributed by atoms with Crippen molar-refractivity contribution in [2.45, 2.75) is 89.0 Å². The zero-order valence-corrected chi connectivity index (χ0v) is 12.5. The Balaban J connectivity index is 1.73. The summed E-state index contributed by atoms with van der Waals surface area (Å²) in [5.74, 6) is 0.951. The molecule has 6 unspecified atom stereocenters. The van der Waals surface area contributed by atoms with Crippen LogP contribution in [0.15, 0.2) is 0 Å². The largest absolute Gasteiger partial charge is 0.631 e. The van der Waals surface area contributed by atoms with Gasteiger partial charge in [-0.3, -0.25) is 9.69 Å². The number of rotatable bonds is 0. The van der Waals surface area contributed by atoms with Crippen LogP contribution in [0.25, 0.3) is 0 Å². The second kappa shape index (κ2) is 4.44. The molecule has 0 aromatic heterocycles. The van der Waals surface area contributed by atoms with Crippen LogP contribution in [0.1, 0.15) is 64.7 Å². The molecule has 1 amide bonds. The normalized spacial score (nSPS) is 51.4. The number of hydrogen-bond acceptors (Lipinski definition) is 2. The molecule has 20 heavy (non-hydrogen) atoms. The lowest BCUT2D eigenvalue weighted by atomic mass is 9.75. The first-order valence-corrected chi connectivity index (χ1v) is 8.51. The summed E-state index contributed by atoms with van der Waals surface area (Å²) in [5.41, 5.74) is 0. The van der Waals surface area contributed by atoms with Gasteiger partial charge in [0.15, 0.2) is 6.17 Å². The fraction of sp³-hybridized carbons (Fsp3) is 0.938. The molecular formula is C16H26N2O2. The molecule has 4 saturated heterocycles. The molecule has 0 aliphatic carbocycles. The standard InChI is InChI=1S/C16H26N2O2/c1-11-8-13-5-3-6-15-17-12(4-2-7-16(17)19)10-14(9-11)18(13,15)20/h11-15H,2-10H2,1H3. The molecule has 4 heterocycles. The predicted molar refractivity (Wildman–Crippen MR) is 76.3 cm³/mol. The van der Waals surface area contributed by atoms with Crippen LogP contribution < -0.4 is 0 Å². The molecular weight excluding hydrogens is 252 g/mol. The molecule has 4 heteroatoms. The summed E-state index contributed by atoms with van der Waals surface area (Å²) in [6.07, 6.45) is 9.03. The average Bonchev–Trinajstić information content (AvgIpc) is 2.40. The first-order valence-electron chi connectivity index (χ1n) is 8.51. The van der Waals surface area contributed by atoms with Crippen LogP contribution in [0.2, 0.25) is 0 Å². The van der Waals surface area contributed by atoms with Crippen LogP contribution in [0, 0.1) is 11.1 Å². The Bertz CT molecular complexity index is 427. The molecule has 0 aromatic rings. The van der Waals surface area contributed by atoms with Crippen LogP contribution >= 0.6 is 0 Å². The maximum atomic E-state index is 13.7. The number of amides is 1. The van der Waals surface area contributed by atoms with Crippen LogP contribution in [0.4, 0.5) is 0 Å². The van der Waals surface area contributed by atoms with Crippen molar-refractivity contribution >= 4 is 5.91 Å². The van der Waals surface area contributed by atoms with Crippen molar-refractivity contribution in [2.24, 2.45) is 5.92 Å². The van der Waals surface area contributed by atoms with Crippen molar-refractivity contribution in [3.63, 3.8) is 0 Å². The Morgan fingerprint density at radius 1 is 1.10 bits per heavy atom. The van der Waals surface area contributed by atoms with Crippen LogP contribution in [-0.4, -0.2) is 39.7 Å². The molecule has 4 rings (SSSR count). The fourth-order valence-electron chi connectivity index (χ4n) is 5.71. The van der Waals surface area contributed by atoms with Gasteiger partial charge < -0.3 is 9.85 Å². The van der Waals surface area contributed by atoms with Gasteiger partial charge in [-0.25, -0.2) is 0 Å². The molecule has 4 nitrogen and oxygen atoms in total. The van der Waals surface area contributed by atoms with E-state index in [9.17, 15) is 10.0 Å². The van der Waals surface area contributed by atoms with Crippen LogP contribution in [0.5, 0.6) is 0 Å². The van der Waals surface area contributed by atoms with Crippen molar-refractivity contribution < 1.29 is 9.44 Å². The van der Waals surface area contributed by atoms with Gasteiger partial charge in [0.25, 0.3) is 0 Å². The van der Waals surface area contributed by atoms with E-state index in [-0.39, 0.29) is 28.8 Å². The number of carbonyl (C=O) groups excluding carboxylic acids is 1. The van der Waals surface area contributed by atoms with Crippen molar-refractivity contribution in [1.82, 2.24) is 4.90 Å². The molecule has 0 saturated carbocycles. The lowest BCUT2D eigenvalue weighted by Crippen LogP contribution is -2.77. The number of fused-ring (bicyclic) bond motifs is 2. The highest BCUT2D eigenvalue weighted by atomic mass is 16.6. The van der Waals surface area contributed by atoms with E-state index in [0.29, 0.717) is 18.4 Å². The highest BCUT2D eigenvalue weighted by Gasteiger charge is 2.57. The van der Waals surface area contributed by atoms with Gasteiger partial charge in [0.1, 0.15) is 0 Å². The smallest absolute Gasteiger partial charge is 0.227 e. The van der Waals surface area contributed by atoms with E-state index in [1.165, 1.54) is 0 Å². The van der Waals surface area contributed by atoms with Gasteiger partial charge in [-0.2, -0.15) is 0 Å². The number of carbonyl (C=O) groups is 1. The summed E-state index contributed by atoms with van der Waals surface area (Å²) in [7, 11) is 0. The Morgan fingerprint density at radius 2 is 1.90 bits per heavy atom. The van der Waals surface area contributed by atoms with Gasteiger partial charge >= 0.3 is 0 Å². The number of hydrogen-bond donors (Lipinski definition) is 0. The Morgan fingerprint density at radius 3 is 2.75 bits per heavy atom. The molecule has 0 bridgehead atoms. The van der Waals surface area contributed by atoms with Gasteiger partial charge in [0.2, 0.25) is 5.91 Å². The van der Waals surface area contributed by atoms with Gasteiger partial charge in [0, 0.05) is 44.6 Å². The molecule has 0 N–H and O–H groups in total. The molecule has 4 aliphatic heterocycles. The number of quaternary nitrogens is 1. The van der Waals surface area contributed by atoms with E-state index in [1.54, 1.807) is 0 Å². The van der Waals surface area contributed by atoms with Gasteiger partial charge in [-0.15, -0.1) is 0 Å². The molecule has 112 valence electrons. The zero-order valence-electron chi connectivity index (χ0n) is 12.5. The monoisotopic (exact) mass is 278 g/mol. The van der Waals surface area contributed by atoms with E-state index >= 15 is 0 Å². The minimum atomic E-state index is -0.0437. The van der Waals surface area contributed by atoms with E-state index in [4.69, 9.17) is 0 Å². The lowest BCUT2D eigenvalue weighted by Gasteiger charge is -2.69. The third kappa shape index (κ3) is 1.64. The molecule has 6 atom stereocenters. The summed E-state index contributed by atoms with van der Waals surface area (Å²) >= 11 is 0. The highest BCUT2D eigenvalue weighted by Crippen LogP contribution is 2.50. The molecule has 0 aromatic carbocycles. The van der Waals surface area contributed by atoms with E-state index < -0.39 is 0 Å². The van der Waals surface area contributed by atoms with Crippen molar-refractivity contribution in [2.75, 3.05) is 0 Å². The van der Waals surface area contributed by atoms with Crippen LogP contribution in [-0.2, 0) is 4.79 Å². The Labute approximate surface area is 121 Å². The molecule has 4 aliphatic rings. The minimum Gasteiger partial charge on any atom is -0.631 e. The summed E-state index contributed by atoms with van der Waals surface area (Å²) in [6.45, 7) is 2.31. The van der Waals surface area contributed by atoms with Crippen molar-refractivity contribution in [3.05, 3.63) is 5.21 Å². The third-order valence-electron chi connectivity index (χ3n) is 6.43.